The van der Waals surface area contributed by atoms with Gasteiger partial charge in [0.05, 0.1) is 0 Å². The van der Waals surface area contributed by atoms with Crippen molar-refractivity contribution in [1.82, 2.24) is 5.32 Å². The number of nitrogens with one attached hydrogen (secondary N) is 1. The van der Waals surface area contributed by atoms with Gasteiger partial charge in [-0.05, 0) is 25.2 Å². The number of carbonyl (C=O) groups excluding carboxylic acids is 1. The van der Waals surface area contributed by atoms with Crippen molar-refractivity contribution in [2.75, 3.05) is 0 Å². The predicted octanol–water partition coefficient (Wildman–Crippen LogP) is 1.12. The summed E-state index contributed by atoms with van der Waals surface area (Å²) < 4.78 is 0. The third-order valence-corrected chi connectivity index (χ3v) is 3.86. The molecule has 0 heterocycles. The Morgan fingerprint density at radius 2 is 2.11 bits per heavy atom. The smallest absolute Gasteiger partial charge is 0.326 e. The first-order valence-corrected chi connectivity index (χ1v) is 6.74. The van der Waals surface area contributed by atoms with Gasteiger partial charge in [0, 0.05) is 12.0 Å². The fraction of sp³-hybridized carbons (Fsp3) is 0.846. The second-order valence-corrected chi connectivity index (χ2v) is 5.33. The molecule has 0 radical (unpaired) electrons. The minimum Gasteiger partial charge on any atom is -0.480 e. The van der Waals surface area contributed by atoms with Crippen molar-refractivity contribution in [3.8, 4) is 0 Å². The number of rotatable bonds is 5. The second kappa shape index (κ2) is 6.73. The molecule has 0 aromatic rings. The van der Waals surface area contributed by atoms with Crippen LogP contribution in [-0.4, -0.2) is 29.1 Å². The van der Waals surface area contributed by atoms with E-state index in [-0.39, 0.29) is 23.8 Å². The normalized spacial score (nSPS) is 27.3. The van der Waals surface area contributed by atoms with E-state index < -0.39 is 12.0 Å². The third kappa shape index (κ3) is 3.98. The molecule has 104 valence electrons. The third-order valence-electron chi connectivity index (χ3n) is 3.86. The van der Waals surface area contributed by atoms with Crippen molar-refractivity contribution in [2.24, 2.45) is 17.6 Å². The molecular formula is C13H24N2O3. The summed E-state index contributed by atoms with van der Waals surface area (Å²) in [6.45, 7) is 3.76. The molecule has 0 aliphatic heterocycles. The highest BCUT2D eigenvalue weighted by Crippen LogP contribution is 2.23. The Hall–Kier alpha value is -1.10. The van der Waals surface area contributed by atoms with Crippen LogP contribution >= 0.6 is 0 Å². The van der Waals surface area contributed by atoms with Gasteiger partial charge in [-0.3, -0.25) is 4.79 Å². The summed E-state index contributed by atoms with van der Waals surface area (Å²) in [4.78, 5) is 23.2. The zero-order chi connectivity index (χ0) is 13.7. The molecule has 5 nitrogen and oxygen atoms in total. The van der Waals surface area contributed by atoms with Crippen LogP contribution in [-0.2, 0) is 9.59 Å². The number of carboxylic acids is 1. The lowest BCUT2D eigenvalue weighted by molar-refractivity contribution is -0.144. The Morgan fingerprint density at radius 3 is 2.61 bits per heavy atom. The van der Waals surface area contributed by atoms with Gasteiger partial charge in [-0.2, -0.15) is 0 Å². The van der Waals surface area contributed by atoms with Crippen LogP contribution in [0.2, 0.25) is 0 Å². The van der Waals surface area contributed by atoms with E-state index in [1.54, 1.807) is 0 Å². The Kier molecular flexibility index (Phi) is 5.59. The Morgan fingerprint density at radius 1 is 1.44 bits per heavy atom. The van der Waals surface area contributed by atoms with E-state index in [9.17, 15) is 9.59 Å². The molecule has 1 aliphatic rings. The molecule has 4 atom stereocenters. The minimum absolute atomic E-state index is 0.0660. The standard InChI is InChI=1S/C13H24N2O3/c1-3-8(2)11(13(17)18)15-12(16)9-5-4-6-10(14)7-9/h8-11H,3-7,14H2,1-2H3,(H,15,16)(H,17,18). The lowest BCUT2D eigenvalue weighted by atomic mass is 9.85. The first-order valence-electron chi connectivity index (χ1n) is 6.74. The number of amides is 1. The first kappa shape index (κ1) is 15.0. The monoisotopic (exact) mass is 256 g/mol. The molecule has 4 N–H and O–H groups in total. The summed E-state index contributed by atoms with van der Waals surface area (Å²) in [6.07, 6.45) is 4.10. The van der Waals surface area contributed by atoms with Gasteiger partial charge in [-0.25, -0.2) is 4.79 Å². The summed E-state index contributed by atoms with van der Waals surface area (Å²) in [5, 5.41) is 11.8. The Balaban J connectivity index is 2.58. The van der Waals surface area contributed by atoms with Crippen LogP contribution in [0.15, 0.2) is 0 Å². The number of carbonyl (C=O) groups is 2. The molecule has 1 amide bonds. The van der Waals surface area contributed by atoms with Crippen molar-refractivity contribution in [2.45, 2.75) is 58.0 Å². The highest BCUT2D eigenvalue weighted by Gasteiger charge is 2.30. The van der Waals surface area contributed by atoms with Gasteiger partial charge in [-0.1, -0.05) is 26.7 Å². The van der Waals surface area contributed by atoms with Crippen molar-refractivity contribution < 1.29 is 14.7 Å². The summed E-state index contributed by atoms with van der Waals surface area (Å²) in [5.74, 6) is -1.31. The largest absolute Gasteiger partial charge is 0.480 e. The van der Waals surface area contributed by atoms with Crippen molar-refractivity contribution in [1.29, 1.82) is 0 Å². The fourth-order valence-corrected chi connectivity index (χ4v) is 2.42. The SMILES string of the molecule is CCC(C)C(NC(=O)C1CCCC(N)C1)C(=O)O. The fourth-order valence-electron chi connectivity index (χ4n) is 2.42. The molecule has 1 aliphatic carbocycles. The maximum Gasteiger partial charge on any atom is 0.326 e. The minimum atomic E-state index is -0.960. The molecule has 4 unspecified atom stereocenters. The molecule has 0 bridgehead atoms. The van der Waals surface area contributed by atoms with E-state index in [1.807, 2.05) is 13.8 Å². The van der Waals surface area contributed by atoms with Gasteiger partial charge < -0.3 is 16.2 Å². The van der Waals surface area contributed by atoms with Crippen LogP contribution in [0.4, 0.5) is 0 Å². The second-order valence-electron chi connectivity index (χ2n) is 5.33. The van der Waals surface area contributed by atoms with Gasteiger partial charge in [0.1, 0.15) is 6.04 Å². The number of hydrogen-bond donors (Lipinski definition) is 3. The van der Waals surface area contributed by atoms with Crippen LogP contribution in [0.3, 0.4) is 0 Å². The quantitative estimate of drug-likeness (QED) is 0.687. The van der Waals surface area contributed by atoms with Crippen molar-refractivity contribution >= 4 is 11.9 Å². The number of aliphatic carboxylic acids is 1. The van der Waals surface area contributed by atoms with Gasteiger partial charge in [0.15, 0.2) is 0 Å². The average molecular weight is 256 g/mol. The molecule has 1 saturated carbocycles. The van der Waals surface area contributed by atoms with Crippen LogP contribution in [0, 0.1) is 11.8 Å². The van der Waals surface area contributed by atoms with Crippen LogP contribution in [0.1, 0.15) is 46.0 Å². The summed E-state index contributed by atoms with van der Waals surface area (Å²) in [5.41, 5.74) is 5.84. The highest BCUT2D eigenvalue weighted by molar-refractivity contribution is 5.85. The zero-order valence-electron chi connectivity index (χ0n) is 11.2. The number of nitrogens with two attached hydrogens (primary N) is 1. The van der Waals surface area contributed by atoms with Crippen LogP contribution in [0.5, 0.6) is 0 Å². The number of carboxylic acid groups (broad SMARTS) is 1. The van der Waals surface area contributed by atoms with Gasteiger partial charge >= 0.3 is 5.97 Å². The Bertz CT molecular complexity index is 307. The molecule has 1 rings (SSSR count). The predicted molar refractivity (Wildman–Crippen MR) is 69.0 cm³/mol. The average Bonchev–Trinajstić information content (AvgIpc) is 2.34. The van der Waals surface area contributed by atoms with E-state index in [0.717, 1.165) is 25.7 Å². The molecule has 1 fully saturated rings. The van der Waals surface area contributed by atoms with Gasteiger partial charge in [-0.15, -0.1) is 0 Å². The van der Waals surface area contributed by atoms with Crippen molar-refractivity contribution in [3.05, 3.63) is 0 Å². The van der Waals surface area contributed by atoms with Crippen molar-refractivity contribution in [3.63, 3.8) is 0 Å². The summed E-state index contributed by atoms with van der Waals surface area (Å²) >= 11 is 0. The van der Waals surface area contributed by atoms with Crippen LogP contribution < -0.4 is 11.1 Å². The summed E-state index contributed by atoms with van der Waals surface area (Å²) in [6, 6.07) is -0.720. The topological polar surface area (TPSA) is 92.4 Å². The van der Waals surface area contributed by atoms with E-state index in [1.165, 1.54) is 0 Å². The van der Waals surface area contributed by atoms with E-state index >= 15 is 0 Å². The van der Waals surface area contributed by atoms with E-state index in [4.69, 9.17) is 10.8 Å². The molecule has 18 heavy (non-hydrogen) atoms. The summed E-state index contributed by atoms with van der Waals surface area (Å²) in [7, 11) is 0. The first-order chi connectivity index (χ1) is 8.45. The van der Waals surface area contributed by atoms with Crippen LogP contribution in [0.25, 0.3) is 0 Å². The van der Waals surface area contributed by atoms with E-state index in [0.29, 0.717) is 6.42 Å². The molecule has 0 spiro atoms. The van der Waals surface area contributed by atoms with E-state index in [2.05, 4.69) is 5.32 Å². The van der Waals surface area contributed by atoms with Gasteiger partial charge in [0.25, 0.3) is 0 Å². The maximum atomic E-state index is 12.0. The molecule has 5 heteroatoms. The number of hydrogen-bond acceptors (Lipinski definition) is 3. The molecule has 0 aromatic carbocycles. The lowest BCUT2D eigenvalue weighted by Gasteiger charge is -2.28. The molecule has 0 aromatic heterocycles. The lowest BCUT2D eigenvalue weighted by Crippen LogP contribution is -2.48. The molecule has 0 saturated heterocycles. The maximum absolute atomic E-state index is 12.0. The Labute approximate surface area is 108 Å². The highest BCUT2D eigenvalue weighted by atomic mass is 16.4. The van der Waals surface area contributed by atoms with Gasteiger partial charge in [0.2, 0.25) is 5.91 Å². The molecular weight excluding hydrogens is 232 g/mol. The zero-order valence-corrected chi connectivity index (χ0v) is 11.2.